The molecule has 3 heteroatoms. The Hall–Kier alpha value is -1.35. The van der Waals surface area contributed by atoms with Gasteiger partial charge in [0.15, 0.2) is 0 Å². The zero-order valence-corrected chi connectivity index (χ0v) is 12.6. The molecule has 0 heterocycles. The molecule has 1 amide bonds. The van der Waals surface area contributed by atoms with Gasteiger partial charge in [-0.3, -0.25) is 4.79 Å². The van der Waals surface area contributed by atoms with Gasteiger partial charge in [-0.25, -0.2) is 0 Å². The molecule has 1 aromatic rings. The Morgan fingerprint density at radius 2 is 2.05 bits per heavy atom. The van der Waals surface area contributed by atoms with Crippen LogP contribution in [-0.2, 0) is 11.2 Å². The van der Waals surface area contributed by atoms with Crippen LogP contribution in [-0.4, -0.2) is 18.5 Å². The summed E-state index contributed by atoms with van der Waals surface area (Å²) in [6, 6.07) is 10.6. The Labute approximate surface area is 121 Å². The van der Waals surface area contributed by atoms with Crippen LogP contribution in [0.2, 0.25) is 0 Å². The van der Waals surface area contributed by atoms with E-state index in [0.717, 1.165) is 25.7 Å². The van der Waals surface area contributed by atoms with E-state index >= 15 is 0 Å². The predicted molar refractivity (Wildman–Crippen MR) is 82.3 cm³/mol. The van der Waals surface area contributed by atoms with Crippen LogP contribution in [0.3, 0.4) is 0 Å². The molecule has 20 heavy (non-hydrogen) atoms. The molecular formula is C17H26N2O. The topological polar surface area (TPSA) is 55.1 Å². The summed E-state index contributed by atoms with van der Waals surface area (Å²) in [6.45, 7) is 4.72. The predicted octanol–water partition coefficient (Wildman–Crippen LogP) is 2.50. The first-order valence-electron chi connectivity index (χ1n) is 7.61. The molecule has 110 valence electrons. The van der Waals surface area contributed by atoms with E-state index in [0.29, 0.717) is 12.5 Å². The summed E-state index contributed by atoms with van der Waals surface area (Å²) in [4.78, 5) is 12.4. The molecule has 1 saturated carbocycles. The van der Waals surface area contributed by atoms with E-state index in [4.69, 9.17) is 5.73 Å². The first-order valence-corrected chi connectivity index (χ1v) is 7.61. The fourth-order valence-corrected chi connectivity index (χ4v) is 3.20. The van der Waals surface area contributed by atoms with Crippen molar-refractivity contribution in [3.63, 3.8) is 0 Å². The van der Waals surface area contributed by atoms with Crippen LogP contribution >= 0.6 is 0 Å². The first-order chi connectivity index (χ1) is 9.55. The molecule has 1 aliphatic rings. The molecule has 1 unspecified atom stereocenters. The van der Waals surface area contributed by atoms with Crippen molar-refractivity contribution >= 4 is 5.91 Å². The van der Waals surface area contributed by atoms with Crippen LogP contribution in [0.4, 0.5) is 0 Å². The van der Waals surface area contributed by atoms with Crippen molar-refractivity contribution in [2.24, 2.45) is 17.1 Å². The van der Waals surface area contributed by atoms with Gasteiger partial charge in [0.2, 0.25) is 5.91 Å². The van der Waals surface area contributed by atoms with Gasteiger partial charge < -0.3 is 11.1 Å². The van der Waals surface area contributed by atoms with Gasteiger partial charge in [-0.2, -0.15) is 0 Å². The number of benzene rings is 1. The van der Waals surface area contributed by atoms with E-state index in [1.54, 1.807) is 0 Å². The van der Waals surface area contributed by atoms with E-state index in [1.165, 1.54) is 5.56 Å². The van der Waals surface area contributed by atoms with Gasteiger partial charge in [0.1, 0.15) is 0 Å². The lowest BCUT2D eigenvalue weighted by Crippen LogP contribution is -2.55. The standard InChI is InChI=1S/C17H26N2O/c1-13-10-17(11-13,12-18)16(20)19-14(2)8-9-15-6-4-3-5-7-15/h3-7,13-14H,8-12,18H2,1-2H3,(H,19,20). The van der Waals surface area contributed by atoms with Gasteiger partial charge >= 0.3 is 0 Å². The van der Waals surface area contributed by atoms with E-state index in [1.807, 2.05) is 6.07 Å². The molecule has 0 bridgehead atoms. The van der Waals surface area contributed by atoms with Gasteiger partial charge in [-0.1, -0.05) is 37.3 Å². The smallest absolute Gasteiger partial charge is 0.227 e. The highest BCUT2D eigenvalue weighted by atomic mass is 16.2. The summed E-state index contributed by atoms with van der Waals surface area (Å²) in [5.74, 6) is 0.780. The van der Waals surface area contributed by atoms with Crippen LogP contribution in [0.1, 0.15) is 38.7 Å². The zero-order valence-electron chi connectivity index (χ0n) is 12.6. The van der Waals surface area contributed by atoms with Crippen molar-refractivity contribution in [3.05, 3.63) is 35.9 Å². The summed E-state index contributed by atoms with van der Waals surface area (Å²) < 4.78 is 0. The lowest BCUT2D eigenvalue weighted by atomic mass is 9.62. The van der Waals surface area contributed by atoms with Crippen LogP contribution in [0.5, 0.6) is 0 Å². The molecule has 1 aliphatic carbocycles. The van der Waals surface area contributed by atoms with Gasteiger partial charge in [-0.05, 0) is 44.1 Å². The van der Waals surface area contributed by atoms with E-state index in [2.05, 4.69) is 43.4 Å². The summed E-state index contributed by atoms with van der Waals surface area (Å²) in [6.07, 6.45) is 3.82. The maximum Gasteiger partial charge on any atom is 0.227 e. The SMILES string of the molecule is CC1CC(CN)(C(=O)NC(C)CCc2ccccc2)C1. The van der Waals surface area contributed by atoms with E-state index in [-0.39, 0.29) is 17.4 Å². The Morgan fingerprint density at radius 3 is 2.60 bits per heavy atom. The minimum absolute atomic E-state index is 0.152. The number of carbonyl (C=O) groups is 1. The Bertz CT molecular complexity index is 438. The first kappa shape index (κ1) is 15.0. The second kappa shape index (κ2) is 6.40. The number of aryl methyl sites for hydroxylation is 1. The monoisotopic (exact) mass is 274 g/mol. The second-order valence-corrected chi connectivity index (χ2v) is 6.40. The third kappa shape index (κ3) is 3.40. The summed E-state index contributed by atoms with van der Waals surface area (Å²) in [5.41, 5.74) is 6.84. The largest absolute Gasteiger partial charge is 0.353 e. The third-order valence-electron chi connectivity index (χ3n) is 4.44. The van der Waals surface area contributed by atoms with Gasteiger partial charge in [0, 0.05) is 12.6 Å². The molecular weight excluding hydrogens is 248 g/mol. The number of amides is 1. The van der Waals surface area contributed by atoms with Crippen LogP contribution < -0.4 is 11.1 Å². The highest BCUT2D eigenvalue weighted by Gasteiger charge is 2.47. The van der Waals surface area contributed by atoms with Crippen molar-refractivity contribution in [2.75, 3.05) is 6.54 Å². The summed E-state index contributed by atoms with van der Waals surface area (Å²) in [5, 5.41) is 3.15. The molecule has 0 aromatic heterocycles. The van der Waals surface area contributed by atoms with Gasteiger partial charge in [0.25, 0.3) is 0 Å². The normalized spacial score (nSPS) is 26.6. The molecule has 0 spiro atoms. The third-order valence-corrected chi connectivity index (χ3v) is 4.44. The van der Waals surface area contributed by atoms with E-state index in [9.17, 15) is 4.79 Å². The Balaban J connectivity index is 1.79. The number of nitrogens with one attached hydrogen (secondary N) is 1. The van der Waals surface area contributed by atoms with E-state index < -0.39 is 0 Å². The fraction of sp³-hybridized carbons (Fsp3) is 0.588. The number of hydrogen-bond acceptors (Lipinski definition) is 2. The molecule has 0 aliphatic heterocycles. The number of nitrogens with two attached hydrogens (primary N) is 1. The highest BCUT2D eigenvalue weighted by molar-refractivity contribution is 5.84. The second-order valence-electron chi connectivity index (χ2n) is 6.40. The molecule has 1 aromatic carbocycles. The van der Waals surface area contributed by atoms with Gasteiger partial charge in [0.05, 0.1) is 5.41 Å². The molecule has 2 rings (SSSR count). The van der Waals surface area contributed by atoms with Crippen molar-refractivity contribution < 1.29 is 4.79 Å². The van der Waals surface area contributed by atoms with Crippen molar-refractivity contribution in [3.8, 4) is 0 Å². The van der Waals surface area contributed by atoms with Crippen molar-refractivity contribution in [1.29, 1.82) is 0 Å². The zero-order chi connectivity index (χ0) is 14.6. The average molecular weight is 274 g/mol. The van der Waals surface area contributed by atoms with Crippen molar-refractivity contribution in [2.45, 2.75) is 45.6 Å². The summed E-state index contributed by atoms with van der Waals surface area (Å²) in [7, 11) is 0. The molecule has 3 nitrogen and oxygen atoms in total. The number of carbonyl (C=O) groups excluding carboxylic acids is 1. The van der Waals surface area contributed by atoms with Gasteiger partial charge in [-0.15, -0.1) is 0 Å². The Kier molecular flexibility index (Phi) is 4.81. The summed E-state index contributed by atoms with van der Waals surface area (Å²) >= 11 is 0. The Morgan fingerprint density at radius 1 is 1.40 bits per heavy atom. The fourth-order valence-electron chi connectivity index (χ4n) is 3.20. The average Bonchev–Trinajstić information content (AvgIpc) is 2.42. The lowest BCUT2D eigenvalue weighted by Gasteiger charge is -2.44. The van der Waals surface area contributed by atoms with Crippen LogP contribution in [0.15, 0.2) is 30.3 Å². The molecule has 0 saturated heterocycles. The minimum atomic E-state index is -0.291. The molecule has 3 N–H and O–H groups in total. The van der Waals surface area contributed by atoms with Crippen LogP contribution in [0, 0.1) is 11.3 Å². The maximum absolute atomic E-state index is 12.4. The quantitative estimate of drug-likeness (QED) is 0.837. The molecule has 0 radical (unpaired) electrons. The van der Waals surface area contributed by atoms with Crippen molar-refractivity contribution in [1.82, 2.24) is 5.32 Å². The van der Waals surface area contributed by atoms with Crippen LogP contribution in [0.25, 0.3) is 0 Å². The number of hydrogen-bond donors (Lipinski definition) is 2. The molecule has 1 fully saturated rings. The number of rotatable bonds is 6. The lowest BCUT2D eigenvalue weighted by molar-refractivity contribution is -0.138. The highest BCUT2D eigenvalue weighted by Crippen LogP contribution is 2.44. The molecule has 1 atom stereocenters. The maximum atomic E-state index is 12.4. The minimum Gasteiger partial charge on any atom is -0.353 e.